The molecule has 0 aliphatic carbocycles. The molecule has 0 saturated carbocycles. The zero-order valence-electron chi connectivity index (χ0n) is 13.2. The monoisotopic (exact) mass is 316 g/mol. The minimum Gasteiger partial charge on any atom is -0.480 e. The summed E-state index contributed by atoms with van der Waals surface area (Å²) >= 11 is 1.58. The van der Waals surface area contributed by atoms with Gasteiger partial charge in [-0.3, -0.25) is 4.79 Å². The van der Waals surface area contributed by atoms with Crippen molar-refractivity contribution in [3.63, 3.8) is 0 Å². The van der Waals surface area contributed by atoms with Crippen molar-refractivity contribution < 1.29 is 14.7 Å². The van der Waals surface area contributed by atoms with E-state index in [-0.39, 0.29) is 17.2 Å². The van der Waals surface area contributed by atoms with Gasteiger partial charge < -0.3 is 15.7 Å². The van der Waals surface area contributed by atoms with Crippen molar-refractivity contribution in [1.29, 1.82) is 0 Å². The first-order valence-corrected chi connectivity index (χ1v) is 8.81. The van der Waals surface area contributed by atoms with E-state index in [9.17, 15) is 14.7 Å². The molecule has 0 aromatic carbocycles. The van der Waals surface area contributed by atoms with Crippen LogP contribution in [0, 0.1) is 11.8 Å². The van der Waals surface area contributed by atoms with Crippen LogP contribution in [0.2, 0.25) is 0 Å². The summed E-state index contributed by atoms with van der Waals surface area (Å²) in [7, 11) is 0. The van der Waals surface area contributed by atoms with Crippen LogP contribution < -0.4 is 5.73 Å². The second kappa shape index (κ2) is 8.63. The number of carboxylic acids is 1. The Morgan fingerprint density at radius 2 is 2.10 bits per heavy atom. The molecule has 1 fully saturated rings. The first-order valence-electron chi connectivity index (χ1n) is 7.76. The van der Waals surface area contributed by atoms with Crippen LogP contribution in [-0.2, 0) is 9.59 Å². The van der Waals surface area contributed by atoms with E-state index in [0.717, 1.165) is 19.3 Å². The highest BCUT2D eigenvalue weighted by molar-refractivity contribution is 8.00. The highest BCUT2D eigenvalue weighted by Crippen LogP contribution is 2.33. The van der Waals surface area contributed by atoms with Crippen LogP contribution in [0.15, 0.2) is 0 Å². The summed E-state index contributed by atoms with van der Waals surface area (Å²) in [6, 6.07) is -0.684. The van der Waals surface area contributed by atoms with Crippen LogP contribution in [0.25, 0.3) is 0 Å². The topological polar surface area (TPSA) is 83.6 Å². The van der Waals surface area contributed by atoms with Crippen LogP contribution in [0.4, 0.5) is 0 Å². The molecule has 0 aromatic heterocycles. The van der Waals surface area contributed by atoms with Gasteiger partial charge in [0.15, 0.2) is 0 Å². The summed E-state index contributed by atoms with van der Waals surface area (Å²) in [5, 5.41) is 9.32. The van der Waals surface area contributed by atoms with Crippen LogP contribution in [0.1, 0.15) is 46.5 Å². The minimum atomic E-state index is -0.900. The number of amides is 1. The Balaban J connectivity index is 2.76. The lowest BCUT2D eigenvalue weighted by Crippen LogP contribution is -2.46. The normalized spacial score (nSPS) is 23.6. The first-order chi connectivity index (χ1) is 9.90. The summed E-state index contributed by atoms with van der Waals surface area (Å²) in [6.07, 6.45) is 3.05. The molecule has 1 rings (SSSR count). The van der Waals surface area contributed by atoms with Crippen LogP contribution in [0.3, 0.4) is 0 Å². The van der Waals surface area contributed by atoms with E-state index in [1.54, 1.807) is 16.7 Å². The van der Waals surface area contributed by atoms with Gasteiger partial charge in [0, 0.05) is 12.2 Å². The minimum absolute atomic E-state index is 0.000995. The molecule has 21 heavy (non-hydrogen) atoms. The van der Waals surface area contributed by atoms with Crippen molar-refractivity contribution in [2.24, 2.45) is 17.6 Å². The number of nitrogens with zero attached hydrogens (tertiary/aromatic N) is 1. The zero-order valence-corrected chi connectivity index (χ0v) is 14.1. The van der Waals surface area contributed by atoms with E-state index in [2.05, 4.69) is 20.8 Å². The largest absolute Gasteiger partial charge is 0.480 e. The third-order valence-electron chi connectivity index (χ3n) is 3.80. The summed E-state index contributed by atoms with van der Waals surface area (Å²) < 4.78 is 0. The van der Waals surface area contributed by atoms with E-state index < -0.39 is 12.0 Å². The Kier molecular flexibility index (Phi) is 7.52. The number of hydrogen-bond donors (Lipinski definition) is 2. The van der Waals surface area contributed by atoms with Gasteiger partial charge in [-0.2, -0.15) is 0 Å². The fourth-order valence-electron chi connectivity index (χ4n) is 2.84. The standard InChI is InChI=1S/C15H28N2O3S/c1-4-5-14-17(12(9-21-14)15(19)20)13(18)7-11(8-16)6-10(2)3/h10-12,14H,4-9,16H2,1-3H3,(H,19,20). The van der Waals surface area contributed by atoms with Crippen molar-refractivity contribution in [1.82, 2.24) is 4.90 Å². The van der Waals surface area contributed by atoms with E-state index in [1.807, 2.05) is 0 Å². The Morgan fingerprint density at radius 3 is 2.57 bits per heavy atom. The predicted molar refractivity (Wildman–Crippen MR) is 86.0 cm³/mol. The number of carbonyl (C=O) groups excluding carboxylic acids is 1. The molecule has 1 aliphatic heterocycles. The second-order valence-corrected chi connectivity index (χ2v) is 7.38. The molecule has 0 bridgehead atoms. The molecule has 6 heteroatoms. The number of hydrogen-bond acceptors (Lipinski definition) is 4. The Morgan fingerprint density at radius 1 is 1.43 bits per heavy atom. The molecular weight excluding hydrogens is 288 g/mol. The smallest absolute Gasteiger partial charge is 0.327 e. The molecule has 3 unspecified atom stereocenters. The highest BCUT2D eigenvalue weighted by Gasteiger charge is 2.41. The number of thioether (sulfide) groups is 1. The summed E-state index contributed by atoms with van der Waals surface area (Å²) in [5.41, 5.74) is 5.76. The predicted octanol–water partition coefficient (Wildman–Crippen LogP) is 2.15. The van der Waals surface area contributed by atoms with E-state index in [0.29, 0.717) is 24.6 Å². The van der Waals surface area contributed by atoms with Gasteiger partial charge in [-0.1, -0.05) is 27.2 Å². The Labute approximate surface area is 131 Å². The van der Waals surface area contributed by atoms with Crippen molar-refractivity contribution in [3.05, 3.63) is 0 Å². The van der Waals surface area contributed by atoms with E-state index in [4.69, 9.17) is 5.73 Å². The summed E-state index contributed by atoms with van der Waals surface area (Å²) in [6.45, 7) is 6.75. The molecule has 1 amide bonds. The van der Waals surface area contributed by atoms with Crippen LogP contribution >= 0.6 is 11.8 Å². The van der Waals surface area contributed by atoms with Gasteiger partial charge in [0.25, 0.3) is 0 Å². The average molecular weight is 316 g/mol. The molecular formula is C15H28N2O3S. The highest BCUT2D eigenvalue weighted by atomic mass is 32.2. The van der Waals surface area contributed by atoms with E-state index in [1.165, 1.54) is 0 Å². The van der Waals surface area contributed by atoms with Gasteiger partial charge in [-0.25, -0.2) is 4.79 Å². The number of aliphatic carboxylic acids is 1. The van der Waals surface area contributed by atoms with Crippen LogP contribution in [0.5, 0.6) is 0 Å². The molecule has 1 saturated heterocycles. The zero-order chi connectivity index (χ0) is 16.0. The van der Waals surface area contributed by atoms with E-state index >= 15 is 0 Å². The molecule has 5 nitrogen and oxygen atoms in total. The lowest BCUT2D eigenvalue weighted by atomic mass is 9.93. The third-order valence-corrected chi connectivity index (χ3v) is 5.16. The van der Waals surface area contributed by atoms with Gasteiger partial charge in [0.05, 0.1) is 5.37 Å². The number of nitrogens with two attached hydrogens (primary N) is 1. The molecule has 3 N–H and O–H groups in total. The Bertz CT molecular complexity index is 363. The van der Waals surface area contributed by atoms with Crippen molar-refractivity contribution in [2.45, 2.75) is 57.9 Å². The maximum Gasteiger partial charge on any atom is 0.327 e. The number of carbonyl (C=O) groups is 2. The van der Waals surface area contributed by atoms with Crippen LogP contribution in [-0.4, -0.2) is 45.6 Å². The fourth-order valence-corrected chi connectivity index (χ4v) is 4.37. The molecule has 3 atom stereocenters. The lowest BCUT2D eigenvalue weighted by molar-refractivity contribution is -0.149. The maximum atomic E-state index is 12.6. The molecule has 0 spiro atoms. The third kappa shape index (κ3) is 5.18. The summed E-state index contributed by atoms with van der Waals surface area (Å²) in [5.74, 6) is 0.161. The molecule has 0 radical (unpaired) electrons. The maximum absolute atomic E-state index is 12.6. The van der Waals surface area contributed by atoms with Gasteiger partial charge in [-0.15, -0.1) is 11.8 Å². The van der Waals surface area contributed by atoms with Gasteiger partial charge in [0.2, 0.25) is 5.91 Å². The molecule has 122 valence electrons. The lowest BCUT2D eigenvalue weighted by Gasteiger charge is -2.29. The molecule has 0 aromatic rings. The average Bonchev–Trinajstić information content (AvgIpc) is 2.81. The van der Waals surface area contributed by atoms with Crippen molar-refractivity contribution in [3.8, 4) is 0 Å². The number of rotatable bonds is 8. The fraction of sp³-hybridized carbons (Fsp3) is 0.867. The Hall–Kier alpha value is -0.750. The number of carboxylic acid groups (broad SMARTS) is 1. The second-order valence-electron chi connectivity index (χ2n) is 6.17. The summed E-state index contributed by atoms with van der Waals surface area (Å²) in [4.78, 5) is 25.6. The quantitative estimate of drug-likeness (QED) is 0.717. The van der Waals surface area contributed by atoms with Gasteiger partial charge in [0.1, 0.15) is 6.04 Å². The van der Waals surface area contributed by atoms with Gasteiger partial charge >= 0.3 is 5.97 Å². The van der Waals surface area contributed by atoms with Gasteiger partial charge in [-0.05, 0) is 31.2 Å². The van der Waals surface area contributed by atoms with Crippen molar-refractivity contribution in [2.75, 3.05) is 12.3 Å². The first kappa shape index (κ1) is 18.3. The molecule has 1 aliphatic rings. The SMILES string of the molecule is CCCC1SCC(C(=O)O)N1C(=O)CC(CN)CC(C)C. The van der Waals surface area contributed by atoms with Crippen molar-refractivity contribution >= 4 is 23.6 Å². The molecule has 1 heterocycles.